The number of carbonyl (C=O) groups excluding carboxylic acids is 4. The van der Waals surface area contributed by atoms with E-state index in [-0.39, 0.29) is 24.0 Å². The number of imide groups is 2. The second kappa shape index (κ2) is 8.08. The van der Waals surface area contributed by atoms with Crippen LogP contribution in [0.15, 0.2) is 48.5 Å². The maximum absolute atomic E-state index is 13.0. The van der Waals surface area contributed by atoms with Gasteiger partial charge in [-0.25, -0.2) is 0 Å². The Bertz CT molecular complexity index is 1020. The van der Waals surface area contributed by atoms with Crippen molar-refractivity contribution in [2.45, 2.75) is 25.4 Å². The van der Waals surface area contributed by atoms with Gasteiger partial charge < -0.3 is 10.6 Å². The third-order valence-electron chi connectivity index (χ3n) is 5.40. The fourth-order valence-corrected chi connectivity index (χ4v) is 3.93. The van der Waals surface area contributed by atoms with E-state index in [0.717, 1.165) is 16.2 Å². The molecule has 1 fully saturated rings. The lowest BCUT2D eigenvalue weighted by Crippen LogP contribution is -2.54. The predicted octanol–water partition coefficient (Wildman–Crippen LogP) is 1.05. The largest absolute Gasteiger partial charge is 0.366 e. The summed E-state index contributed by atoms with van der Waals surface area (Å²) in [6, 6.07) is 14.0. The average Bonchev–Trinajstić information content (AvgIpc) is 2.99. The van der Waals surface area contributed by atoms with Gasteiger partial charge in [0.1, 0.15) is 6.04 Å². The predicted molar refractivity (Wildman–Crippen MR) is 110 cm³/mol. The number of para-hydroxylation sites is 1. The molecule has 154 valence electrons. The van der Waals surface area contributed by atoms with Crippen molar-refractivity contribution in [1.29, 1.82) is 0 Å². The van der Waals surface area contributed by atoms with Crippen molar-refractivity contribution < 1.29 is 19.2 Å². The Balaban J connectivity index is 1.59. The van der Waals surface area contributed by atoms with Crippen molar-refractivity contribution in [3.05, 3.63) is 65.2 Å². The molecule has 1 atom stereocenters. The Morgan fingerprint density at radius 1 is 1.00 bits per heavy atom. The molecule has 30 heavy (non-hydrogen) atoms. The lowest BCUT2D eigenvalue weighted by Gasteiger charge is -2.27. The molecule has 0 spiro atoms. The SMILES string of the molecule is NCCN(Cc1ccc2c(c1)C(=O)N(C1CCC(=O)NC1=O)C2=O)c1ccccc1. The van der Waals surface area contributed by atoms with Crippen LogP contribution in [0.5, 0.6) is 0 Å². The molecule has 0 aliphatic carbocycles. The zero-order chi connectivity index (χ0) is 21.3. The summed E-state index contributed by atoms with van der Waals surface area (Å²) in [7, 11) is 0. The Hall–Kier alpha value is -3.52. The van der Waals surface area contributed by atoms with Crippen molar-refractivity contribution in [2.24, 2.45) is 5.73 Å². The van der Waals surface area contributed by atoms with Gasteiger partial charge in [0.15, 0.2) is 0 Å². The molecule has 3 N–H and O–H groups in total. The molecule has 4 rings (SSSR count). The van der Waals surface area contributed by atoms with Gasteiger partial charge in [-0.2, -0.15) is 0 Å². The Morgan fingerprint density at radius 3 is 2.43 bits per heavy atom. The number of hydrogen-bond acceptors (Lipinski definition) is 6. The van der Waals surface area contributed by atoms with E-state index in [0.29, 0.717) is 19.6 Å². The molecule has 8 heteroatoms. The number of anilines is 1. The van der Waals surface area contributed by atoms with Gasteiger partial charge in [-0.15, -0.1) is 0 Å². The third kappa shape index (κ3) is 3.57. The van der Waals surface area contributed by atoms with Gasteiger partial charge in [-0.3, -0.25) is 29.4 Å². The van der Waals surface area contributed by atoms with Crippen molar-refractivity contribution >= 4 is 29.3 Å². The molecule has 0 aromatic heterocycles. The first-order chi connectivity index (χ1) is 14.5. The number of hydrogen-bond donors (Lipinski definition) is 2. The van der Waals surface area contributed by atoms with Crippen molar-refractivity contribution in [1.82, 2.24) is 10.2 Å². The highest BCUT2D eigenvalue weighted by molar-refractivity contribution is 6.23. The number of fused-ring (bicyclic) bond motifs is 1. The number of nitrogens with two attached hydrogens (primary N) is 1. The van der Waals surface area contributed by atoms with Gasteiger partial charge in [0.25, 0.3) is 11.8 Å². The van der Waals surface area contributed by atoms with E-state index in [9.17, 15) is 19.2 Å². The molecule has 2 aromatic carbocycles. The zero-order valence-electron chi connectivity index (χ0n) is 16.3. The van der Waals surface area contributed by atoms with E-state index in [1.54, 1.807) is 12.1 Å². The molecule has 2 aliphatic rings. The van der Waals surface area contributed by atoms with Crippen LogP contribution in [0.1, 0.15) is 39.1 Å². The standard InChI is InChI=1S/C22H22N4O4/c23-10-11-25(15-4-2-1-3-5-15)13-14-6-7-16-17(12-14)22(30)26(21(16)29)18-8-9-19(27)24-20(18)28/h1-7,12,18H,8-11,13,23H2,(H,24,27,28). The molecule has 2 heterocycles. The molecule has 0 saturated carbocycles. The van der Waals surface area contributed by atoms with E-state index < -0.39 is 29.7 Å². The van der Waals surface area contributed by atoms with E-state index in [4.69, 9.17) is 5.73 Å². The van der Waals surface area contributed by atoms with Crippen LogP contribution in [-0.4, -0.2) is 47.7 Å². The quantitative estimate of drug-likeness (QED) is 0.694. The van der Waals surface area contributed by atoms with Crippen LogP contribution in [0.2, 0.25) is 0 Å². The summed E-state index contributed by atoms with van der Waals surface area (Å²) in [6.07, 6.45) is 0.238. The van der Waals surface area contributed by atoms with Gasteiger partial charge in [0.05, 0.1) is 11.1 Å². The highest BCUT2D eigenvalue weighted by Gasteiger charge is 2.44. The highest BCUT2D eigenvalue weighted by Crippen LogP contribution is 2.29. The molecule has 0 radical (unpaired) electrons. The number of piperidine rings is 1. The molecule has 4 amide bonds. The number of nitrogens with zero attached hydrogens (tertiary/aromatic N) is 2. The minimum Gasteiger partial charge on any atom is -0.366 e. The van der Waals surface area contributed by atoms with Crippen LogP contribution >= 0.6 is 0 Å². The van der Waals surface area contributed by atoms with Crippen LogP contribution in [0.3, 0.4) is 0 Å². The maximum atomic E-state index is 13.0. The van der Waals surface area contributed by atoms with E-state index >= 15 is 0 Å². The Morgan fingerprint density at radius 2 is 1.73 bits per heavy atom. The number of carbonyl (C=O) groups is 4. The lowest BCUT2D eigenvalue weighted by atomic mass is 10.0. The summed E-state index contributed by atoms with van der Waals surface area (Å²) in [5.41, 5.74) is 8.19. The zero-order valence-corrected chi connectivity index (χ0v) is 16.3. The summed E-state index contributed by atoms with van der Waals surface area (Å²) in [4.78, 5) is 52.4. The summed E-state index contributed by atoms with van der Waals surface area (Å²) < 4.78 is 0. The van der Waals surface area contributed by atoms with Crippen molar-refractivity contribution in [2.75, 3.05) is 18.0 Å². The monoisotopic (exact) mass is 406 g/mol. The fourth-order valence-electron chi connectivity index (χ4n) is 3.93. The highest BCUT2D eigenvalue weighted by atomic mass is 16.2. The molecular formula is C22H22N4O4. The first-order valence-electron chi connectivity index (χ1n) is 9.84. The molecular weight excluding hydrogens is 384 g/mol. The summed E-state index contributed by atoms with van der Waals surface area (Å²) >= 11 is 0. The normalized spacial score (nSPS) is 18.4. The van der Waals surface area contributed by atoms with Crippen LogP contribution in [0.25, 0.3) is 0 Å². The second-order valence-electron chi connectivity index (χ2n) is 7.37. The lowest BCUT2D eigenvalue weighted by molar-refractivity contribution is -0.136. The third-order valence-corrected chi connectivity index (χ3v) is 5.40. The van der Waals surface area contributed by atoms with Gasteiger partial charge >= 0.3 is 0 Å². The van der Waals surface area contributed by atoms with Gasteiger partial charge in [0, 0.05) is 31.7 Å². The summed E-state index contributed by atoms with van der Waals surface area (Å²) in [5.74, 6) is -2.01. The molecule has 2 aliphatic heterocycles. The summed E-state index contributed by atoms with van der Waals surface area (Å²) in [5, 5.41) is 2.20. The smallest absolute Gasteiger partial charge is 0.262 e. The number of rotatable bonds is 6. The molecule has 2 aromatic rings. The van der Waals surface area contributed by atoms with E-state index in [2.05, 4.69) is 10.2 Å². The van der Waals surface area contributed by atoms with Crippen molar-refractivity contribution in [3.8, 4) is 0 Å². The second-order valence-corrected chi connectivity index (χ2v) is 7.37. The molecule has 0 bridgehead atoms. The first-order valence-corrected chi connectivity index (χ1v) is 9.84. The van der Waals surface area contributed by atoms with Crippen LogP contribution < -0.4 is 16.0 Å². The fraction of sp³-hybridized carbons (Fsp3) is 0.273. The minimum atomic E-state index is -0.961. The van der Waals surface area contributed by atoms with Gasteiger partial charge in [0.2, 0.25) is 11.8 Å². The maximum Gasteiger partial charge on any atom is 0.262 e. The number of nitrogens with one attached hydrogen (secondary N) is 1. The van der Waals surface area contributed by atoms with E-state index in [1.165, 1.54) is 0 Å². The topological polar surface area (TPSA) is 113 Å². The van der Waals surface area contributed by atoms with E-state index in [1.807, 2.05) is 36.4 Å². The van der Waals surface area contributed by atoms with Crippen LogP contribution in [0, 0.1) is 0 Å². The molecule has 1 unspecified atom stereocenters. The minimum absolute atomic E-state index is 0.0974. The average molecular weight is 406 g/mol. The van der Waals surface area contributed by atoms with Crippen molar-refractivity contribution in [3.63, 3.8) is 0 Å². The molecule has 1 saturated heterocycles. The summed E-state index contributed by atoms with van der Waals surface area (Å²) in [6.45, 7) is 1.63. The first kappa shape index (κ1) is 19.8. The molecule has 8 nitrogen and oxygen atoms in total. The van der Waals surface area contributed by atoms with Gasteiger partial charge in [-0.05, 0) is 36.2 Å². The van der Waals surface area contributed by atoms with Crippen LogP contribution in [-0.2, 0) is 16.1 Å². The number of benzene rings is 2. The van der Waals surface area contributed by atoms with Gasteiger partial charge in [-0.1, -0.05) is 24.3 Å². The Labute approximate surface area is 173 Å². The van der Waals surface area contributed by atoms with Crippen LogP contribution in [0.4, 0.5) is 5.69 Å². The number of amides is 4. The Kier molecular flexibility index (Phi) is 5.33.